The fourth-order valence-electron chi connectivity index (χ4n) is 3.41. The number of ether oxygens (including phenoxy) is 2. The number of methoxy groups -OCH3 is 1. The van der Waals surface area contributed by atoms with Crippen LogP contribution in [0.5, 0.6) is 0 Å². The number of rotatable bonds is 9. The van der Waals surface area contributed by atoms with E-state index in [4.69, 9.17) is 9.47 Å². The minimum Gasteiger partial charge on any atom is -0.462 e. The van der Waals surface area contributed by atoms with Crippen molar-refractivity contribution in [3.05, 3.63) is 58.2 Å². The van der Waals surface area contributed by atoms with Crippen LogP contribution in [0.2, 0.25) is 0 Å². The molecule has 0 N–H and O–H groups in total. The van der Waals surface area contributed by atoms with Crippen molar-refractivity contribution < 1.29 is 18.7 Å². The van der Waals surface area contributed by atoms with E-state index in [0.29, 0.717) is 25.2 Å². The van der Waals surface area contributed by atoms with Crippen molar-refractivity contribution in [1.82, 2.24) is 4.57 Å². The van der Waals surface area contributed by atoms with Gasteiger partial charge in [0.2, 0.25) is 0 Å². The summed E-state index contributed by atoms with van der Waals surface area (Å²) in [5.41, 5.74) is 4.82. The topological polar surface area (TPSA) is 40.5 Å². The first kappa shape index (κ1) is 20.2. The van der Waals surface area contributed by atoms with E-state index in [1.165, 1.54) is 12.1 Å². The Morgan fingerprint density at radius 2 is 1.85 bits per heavy atom. The molecule has 0 amide bonds. The number of hydrogen-bond acceptors (Lipinski definition) is 3. The Labute approximate surface area is 154 Å². The summed E-state index contributed by atoms with van der Waals surface area (Å²) in [4.78, 5) is 12.5. The second-order valence-corrected chi connectivity index (χ2v) is 6.23. The van der Waals surface area contributed by atoms with E-state index in [1.807, 2.05) is 13.8 Å². The van der Waals surface area contributed by atoms with Gasteiger partial charge in [0.05, 0.1) is 18.8 Å². The Balaban J connectivity index is 2.36. The SMILES string of the molecule is CCOC(=O)c1c(CCOC)c(CC)n(CCc2ccc(F)cc2)c1C. The lowest BCUT2D eigenvalue weighted by atomic mass is 10.0. The number of carbonyl (C=O) groups is 1. The fraction of sp³-hybridized carbons (Fsp3) is 0.476. The Morgan fingerprint density at radius 1 is 1.15 bits per heavy atom. The van der Waals surface area contributed by atoms with Gasteiger partial charge in [-0.05, 0) is 56.4 Å². The van der Waals surface area contributed by atoms with Crippen molar-refractivity contribution in [2.45, 2.75) is 46.6 Å². The molecule has 0 saturated carbocycles. The van der Waals surface area contributed by atoms with E-state index >= 15 is 0 Å². The minimum absolute atomic E-state index is 0.230. The molecule has 26 heavy (non-hydrogen) atoms. The maximum Gasteiger partial charge on any atom is 0.340 e. The molecule has 1 aromatic carbocycles. The Bertz CT molecular complexity index is 735. The van der Waals surface area contributed by atoms with E-state index in [1.54, 1.807) is 19.2 Å². The summed E-state index contributed by atoms with van der Waals surface area (Å²) in [6, 6.07) is 6.56. The maximum absolute atomic E-state index is 13.1. The van der Waals surface area contributed by atoms with Crippen molar-refractivity contribution in [1.29, 1.82) is 0 Å². The average Bonchev–Trinajstić information content (AvgIpc) is 2.90. The van der Waals surface area contributed by atoms with Gasteiger partial charge in [-0.1, -0.05) is 19.1 Å². The lowest BCUT2D eigenvalue weighted by molar-refractivity contribution is 0.0523. The van der Waals surface area contributed by atoms with Crippen molar-refractivity contribution in [3.8, 4) is 0 Å². The van der Waals surface area contributed by atoms with Crippen molar-refractivity contribution in [2.24, 2.45) is 0 Å². The molecule has 0 aliphatic rings. The molecule has 2 rings (SSSR count). The van der Waals surface area contributed by atoms with Crippen molar-refractivity contribution in [2.75, 3.05) is 20.3 Å². The van der Waals surface area contributed by atoms with Crippen LogP contribution >= 0.6 is 0 Å². The van der Waals surface area contributed by atoms with Gasteiger partial charge in [-0.25, -0.2) is 9.18 Å². The molecule has 4 nitrogen and oxygen atoms in total. The molecule has 0 fully saturated rings. The van der Waals surface area contributed by atoms with Gasteiger partial charge in [0.1, 0.15) is 5.82 Å². The predicted molar refractivity (Wildman–Crippen MR) is 100 cm³/mol. The molecule has 0 aliphatic heterocycles. The zero-order valence-electron chi connectivity index (χ0n) is 16.1. The molecule has 0 saturated heterocycles. The van der Waals surface area contributed by atoms with E-state index in [9.17, 15) is 9.18 Å². The number of esters is 1. The molecule has 1 aromatic heterocycles. The average molecular weight is 361 g/mol. The second-order valence-electron chi connectivity index (χ2n) is 6.23. The Morgan fingerprint density at radius 3 is 2.42 bits per heavy atom. The van der Waals surface area contributed by atoms with E-state index < -0.39 is 0 Å². The molecular weight excluding hydrogens is 333 g/mol. The number of halogens is 1. The van der Waals surface area contributed by atoms with Gasteiger partial charge in [-0.15, -0.1) is 0 Å². The van der Waals surface area contributed by atoms with E-state index in [2.05, 4.69) is 11.5 Å². The van der Waals surface area contributed by atoms with Crippen LogP contribution < -0.4 is 0 Å². The number of aryl methyl sites for hydroxylation is 1. The van der Waals surface area contributed by atoms with Gasteiger partial charge in [0, 0.05) is 25.0 Å². The quantitative estimate of drug-likeness (QED) is 0.631. The largest absolute Gasteiger partial charge is 0.462 e. The standard InChI is InChI=1S/C21H28FNO3/c1-5-19-18(12-14-25-4)20(21(24)26-6-2)15(3)23(19)13-11-16-7-9-17(22)10-8-16/h7-10H,5-6,11-14H2,1-4H3. The second kappa shape index (κ2) is 9.53. The first-order valence-electron chi connectivity index (χ1n) is 9.14. The zero-order valence-corrected chi connectivity index (χ0v) is 16.1. The highest BCUT2D eigenvalue weighted by molar-refractivity contribution is 5.93. The van der Waals surface area contributed by atoms with Crippen molar-refractivity contribution in [3.63, 3.8) is 0 Å². The maximum atomic E-state index is 13.1. The van der Waals surface area contributed by atoms with Gasteiger partial charge < -0.3 is 14.0 Å². The lowest BCUT2D eigenvalue weighted by Gasteiger charge is -2.12. The molecule has 1 heterocycles. The Kier molecular flexibility index (Phi) is 7.39. The molecule has 0 bridgehead atoms. The van der Waals surface area contributed by atoms with Gasteiger partial charge >= 0.3 is 5.97 Å². The molecule has 2 aromatic rings. The molecule has 0 atom stereocenters. The zero-order chi connectivity index (χ0) is 19.1. The normalized spacial score (nSPS) is 11.0. The molecule has 0 unspecified atom stereocenters. The first-order chi connectivity index (χ1) is 12.5. The molecule has 0 radical (unpaired) electrons. The number of benzene rings is 1. The van der Waals surface area contributed by atoms with E-state index in [0.717, 1.165) is 41.9 Å². The van der Waals surface area contributed by atoms with Gasteiger partial charge in [-0.3, -0.25) is 0 Å². The highest BCUT2D eigenvalue weighted by Crippen LogP contribution is 2.26. The molecule has 142 valence electrons. The molecular formula is C21H28FNO3. The van der Waals surface area contributed by atoms with Crippen LogP contribution in [0, 0.1) is 12.7 Å². The first-order valence-corrected chi connectivity index (χ1v) is 9.14. The lowest BCUT2D eigenvalue weighted by Crippen LogP contribution is -2.10. The predicted octanol–water partition coefficient (Wildman–Crippen LogP) is 4.11. The van der Waals surface area contributed by atoms with Gasteiger partial charge in [0.15, 0.2) is 0 Å². The highest BCUT2D eigenvalue weighted by Gasteiger charge is 2.24. The van der Waals surface area contributed by atoms with Crippen LogP contribution in [0.25, 0.3) is 0 Å². The summed E-state index contributed by atoms with van der Waals surface area (Å²) in [6.07, 6.45) is 2.27. The fourth-order valence-corrected chi connectivity index (χ4v) is 3.41. The van der Waals surface area contributed by atoms with Crippen LogP contribution in [0.1, 0.15) is 46.7 Å². The number of aromatic nitrogens is 1. The van der Waals surface area contributed by atoms with Gasteiger partial charge in [-0.2, -0.15) is 0 Å². The monoisotopic (exact) mass is 361 g/mol. The summed E-state index contributed by atoms with van der Waals surface area (Å²) >= 11 is 0. The summed E-state index contributed by atoms with van der Waals surface area (Å²) < 4.78 is 25.8. The summed E-state index contributed by atoms with van der Waals surface area (Å²) in [6.45, 7) is 7.51. The van der Waals surface area contributed by atoms with Crippen LogP contribution in [0.4, 0.5) is 4.39 Å². The third-order valence-electron chi connectivity index (χ3n) is 4.65. The highest BCUT2D eigenvalue weighted by atomic mass is 19.1. The van der Waals surface area contributed by atoms with Crippen LogP contribution in [0.3, 0.4) is 0 Å². The molecule has 0 spiro atoms. The minimum atomic E-state index is -0.272. The summed E-state index contributed by atoms with van der Waals surface area (Å²) in [5.74, 6) is -0.502. The molecule has 0 aliphatic carbocycles. The van der Waals surface area contributed by atoms with Crippen LogP contribution in [-0.2, 0) is 35.3 Å². The van der Waals surface area contributed by atoms with Crippen LogP contribution in [-0.4, -0.2) is 30.9 Å². The Hall–Kier alpha value is -2.14. The summed E-state index contributed by atoms with van der Waals surface area (Å²) in [7, 11) is 1.66. The number of nitrogens with zero attached hydrogens (tertiary/aromatic N) is 1. The third-order valence-corrected chi connectivity index (χ3v) is 4.65. The summed E-state index contributed by atoms with van der Waals surface area (Å²) in [5, 5.41) is 0. The molecule has 5 heteroatoms. The van der Waals surface area contributed by atoms with Crippen LogP contribution in [0.15, 0.2) is 24.3 Å². The van der Waals surface area contributed by atoms with E-state index in [-0.39, 0.29) is 11.8 Å². The van der Waals surface area contributed by atoms with Crippen molar-refractivity contribution >= 4 is 5.97 Å². The number of carbonyl (C=O) groups excluding carboxylic acids is 1. The third kappa shape index (κ3) is 4.52. The smallest absolute Gasteiger partial charge is 0.340 e. The number of hydrogen-bond donors (Lipinski definition) is 0. The van der Waals surface area contributed by atoms with Gasteiger partial charge in [0.25, 0.3) is 0 Å².